The molecule has 0 saturated heterocycles. The Morgan fingerprint density at radius 1 is 1.20 bits per heavy atom. The van der Waals surface area contributed by atoms with Crippen molar-refractivity contribution in [3.05, 3.63) is 0 Å². The Balaban J connectivity index is 4.54. The van der Waals surface area contributed by atoms with E-state index in [0.29, 0.717) is 6.54 Å². The summed E-state index contributed by atoms with van der Waals surface area (Å²) in [6.45, 7) is 10.3. The van der Waals surface area contributed by atoms with Gasteiger partial charge in [0.25, 0.3) is 0 Å². The summed E-state index contributed by atoms with van der Waals surface area (Å²) in [4.78, 5) is 2.22. The molecule has 0 radical (unpaired) electrons. The van der Waals surface area contributed by atoms with Crippen LogP contribution in [0.5, 0.6) is 0 Å². The van der Waals surface area contributed by atoms with Crippen LogP contribution >= 0.6 is 0 Å². The lowest BCUT2D eigenvalue weighted by Crippen LogP contribution is -2.51. The predicted molar refractivity (Wildman–Crippen MR) is 65.9 cm³/mol. The average Bonchev–Trinajstić information content (AvgIpc) is 2.25. The zero-order chi connectivity index (χ0) is 12.1. The SMILES string of the molecule is CCC(CC)(CN)CN(C)C(C)(C)CO. The molecule has 15 heavy (non-hydrogen) atoms. The van der Waals surface area contributed by atoms with Crippen molar-refractivity contribution in [2.24, 2.45) is 11.1 Å². The van der Waals surface area contributed by atoms with Crippen molar-refractivity contribution in [3.63, 3.8) is 0 Å². The standard InChI is InChI=1S/C12H28N2O/c1-6-12(7-2,8-13)9-14(5)11(3,4)10-15/h15H,6-10,13H2,1-5H3. The van der Waals surface area contributed by atoms with Crippen molar-refractivity contribution in [2.75, 3.05) is 26.7 Å². The molecule has 0 unspecified atom stereocenters. The lowest BCUT2D eigenvalue weighted by Gasteiger charge is -2.41. The van der Waals surface area contributed by atoms with E-state index in [1.54, 1.807) is 0 Å². The number of nitrogens with two attached hydrogens (primary N) is 1. The molecule has 0 amide bonds. The van der Waals surface area contributed by atoms with Crippen LogP contribution < -0.4 is 5.73 Å². The molecule has 0 atom stereocenters. The van der Waals surface area contributed by atoms with Crippen LogP contribution in [-0.2, 0) is 0 Å². The van der Waals surface area contributed by atoms with Gasteiger partial charge >= 0.3 is 0 Å². The van der Waals surface area contributed by atoms with E-state index in [1.165, 1.54) is 0 Å². The predicted octanol–water partition coefficient (Wildman–Crippen LogP) is 1.45. The quantitative estimate of drug-likeness (QED) is 0.677. The zero-order valence-electron chi connectivity index (χ0n) is 11.0. The fourth-order valence-corrected chi connectivity index (χ4v) is 1.66. The number of aliphatic hydroxyl groups is 1. The first-order valence-electron chi connectivity index (χ1n) is 5.89. The second-order valence-corrected chi connectivity index (χ2v) is 5.24. The van der Waals surface area contributed by atoms with Gasteiger partial charge in [0.2, 0.25) is 0 Å². The molecule has 0 bridgehead atoms. The minimum Gasteiger partial charge on any atom is -0.394 e. The number of nitrogens with zero attached hydrogens (tertiary/aromatic N) is 1. The summed E-state index contributed by atoms with van der Waals surface area (Å²) in [6.07, 6.45) is 2.18. The van der Waals surface area contributed by atoms with Crippen molar-refractivity contribution in [1.82, 2.24) is 4.90 Å². The highest BCUT2D eigenvalue weighted by atomic mass is 16.3. The Labute approximate surface area is 94.6 Å². The fraction of sp³-hybridized carbons (Fsp3) is 1.00. The van der Waals surface area contributed by atoms with Gasteiger partial charge < -0.3 is 10.8 Å². The Kier molecular flexibility index (Phi) is 5.78. The second kappa shape index (κ2) is 5.83. The van der Waals surface area contributed by atoms with Crippen LogP contribution in [0, 0.1) is 5.41 Å². The number of hydrogen-bond acceptors (Lipinski definition) is 3. The summed E-state index contributed by atoms with van der Waals surface area (Å²) in [5, 5.41) is 9.31. The lowest BCUT2D eigenvalue weighted by molar-refractivity contribution is 0.0396. The molecule has 0 aliphatic rings. The number of rotatable bonds is 7. The minimum atomic E-state index is -0.162. The summed E-state index contributed by atoms with van der Waals surface area (Å²) in [7, 11) is 2.06. The molecular weight excluding hydrogens is 188 g/mol. The van der Waals surface area contributed by atoms with Gasteiger partial charge in [-0.25, -0.2) is 0 Å². The molecule has 0 aromatic rings. The molecule has 3 N–H and O–H groups in total. The van der Waals surface area contributed by atoms with E-state index in [-0.39, 0.29) is 17.6 Å². The molecule has 0 aromatic heterocycles. The van der Waals surface area contributed by atoms with Crippen molar-refractivity contribution >= 4 is 0 Å². The summed E-state index contributed by atoms with van der Waals surface area (Å²) < 4.78 is 0. The molecule has 3 heteroatoms. The van der Waals surface area contributed by atoms with Crippen molar-refractivity contribution in [2.45, 2.75) is 46.1 Å². The van der Waals surface area contributed by atoms with Crippen LogP contribution in [0.4, 0.5) is 0 Å². The van der Waals surface area contributed by atoms with Crippen molar-refractivity contribution < 1.29 is 5.11 Å². The van der Waals surface area contributed by atoms with Crippen LogP contribution in [-0.4, -0.2) is 42.3 Å². The smallest absolute Gasteiger partial charge is 0.0609 e. The van der Waals surface area contributed by atoms with Gasteiger partial charge in [-0.2, -0.15) is 0 Å². The maximum absolute atomic E-state index is 9.31. The van der Waals surface area contributed by atoms with E-state index in [1.807, 2.05) is 0 Å². The van der Waals surface area contributed by atoms with E-state index in [4.69, 9.17) is 5.73 Å². The van der Waals surface area contributed by atoms with Crippen LogP contribution in [0.1, 0.15) is 40.5 Å². The molecule has 0 aromatic carbocycles. The summed E-state index contributed by atoms with van der Waals surface area (Å²) >= 11 is 0. The van der Waals surface area contributed by atoms with Crippen LogP contribution in [0.2, 0.25) is 0 Å². The first kappa shape index (κ1) is 14.9. The minimum absolute atomic E-state index is 0.162. The maximum atomic E-state index is 9.31. The zero-order valence-corrected chi connectivity index (χ0v) is 11.0. The highest BCUT2D eigenvalue weighted by molar-refractivity contribution is 4.86. The van der Waals surface area contributed by atoms with E-state index in [9.17, 15) is 5.11 Å². The monoisotopic (exact) mass is 216 g/mol. The number of hydrogen-bond donors (Lipinski definition) is 2. The van der Waals surface area contributed by atoms with Crippen LogP contribution in [0.25, 0.3) is 0 Å². The van der Waals surface area contributed by atoms with Gasteiger partial charge in [0, 0.05) is 12.1 Å². The molecule has 0 aliphatic heterocycles. The first-order chi connectivity index (χ1) is 6.87. The van der Waals surface area contributed by atoms with E-state index < -0.39 is 0 Å². The molecular formula is C12H28N2O. The number of aliphatic hydroxyl groups excluding tert-OH is 1. The third-order valence-electron chi connectivity index (χ3n) is 3.93. The first-order valence-corrected chi connectivity index (χ1v) is 5.89. The fourth-order valence-electron chi connectivity index (χ4n) is 1.66. The molecule has 3 nitrogen and oxygen atoms in total. The molecule has 0 rings (SSSR count). The van der Waals surface area contributed by atoms with Gasteiger partial charge in [-0.1, -0.05) is 13.8 Å². The van der Waals surface area contributed by atoms with E-state index in [0.717, 1.165) is 19.4 Å². The van der Waals surface area contributed by atoms with Gasteiger partial charge in [-0.05, 0) is 45.7 Å². The summed E-state index contributed by atoms with van der Waals surface area (Å²) in [6, 6.07) is 0. The van der Waals surface area contributed by atoms with Crippen LogP contribution in [0.3, 0.4) is 0 Å². The summed E-state index contributed by atoms with van der Waals surface area (Å²) in [5.74, 6) is 0. The largest absolute Gasteiger partial charge is 0.394 e. The van der Waals surface area contributed by atoms with Gasteiger partial charge in [0.1, 0.15) is 0 Å². The lowest BCUT2D eigenvalue weighted by atomic mass is 9.81. The Morgan fingerprint density at radius 2 is 1.67 bits per heavy atom. The van der Waals surface area contributed by atoms with Crippen molar-refractivity contribution in [3.8, 4) is 0 Å². The van der Waals surface area contributed by atoms with Crippen LogP contribution in [0.15, 0.2) is 0 Å². The van der Waals surface area contributed by atoms with Gasteiger partial charge in [0.05, 0.1) is 6.61 Å². The highest BCUT2D eigenvalue weighted by Crippen LogP contribution is 2.28. The van der Waals surface area contributed by atoms with Gasteiger partial charge in [-0.3, -0.25) is 4.90 Å². The molecule has 92 valence electrons. The average molecular weight is 216 g/mol. The Hall–Kier alpha value is -0.120. The molecule has 0 heterocycles. The maximum Gasteiger partial charge on any atom is 0.0609 e. The summed E-state index contributed by atoms with van der Waals surface area (Å²) in [5.41, 5.74) is 5.91. The van der Waals surface area contributed by atoms with E-state index >= 15 is 0 Å². The van der Waals surface area contributed by atoms with Gasteiger partial charge in [-0.15, -0.1) is 0 Å². The van der Waals surface area contributed by atoms with Gasteiger partial charge in [0.15, 0.2) is 0 Å². The third kappa shape index (κ3) is 3.74. The Morgan fingerprint density at radius 3 is 1.93 bits per heavy atom. The molecule has 0 fully saturated rings. The van der Waals surface area contributed by atoms with E-state index in [2.05, 4.69) is 39.6 Å². The van der Waals surface area contributed by atoms with Crippen molar-refractivity contribution in [1.29, 1.82) is 0 Å². The molecule has 0 saturated carbocycles. The second-order valence-electron chi connectivity index (χ2n) is 5.24. The topological polar surface area (TPSA) is 49.5 Å². The highest BCUT2D eigenvalue weighted by Gasteiger charge is 2.31. The Bertz CT molecular complexity index is 168. The normalized spacial score (nSPS) is 13.6. The molecule has 0 aliphatic carbocycles. The third-order valence-corrected chi connectivity index (χ3v) is 3.93. The molecule has 0 spiro atoms. The number of likely N-dealkylation sites (N-methyl/N-ethyl adjacent to an activating group) is 1.